The highest BCUT2D eigenvalue weighted by atomic mass is 32.1. The van der Waals surface area contributed by atoms with Crippen LogP contribution in [0.5, 0.6) is 0 Å². The molecule has 4 heteroatoms. The van der Waals surface area contributed by atoms with Crippen molar-refractivity contribution < 1.29 is 4.79 Å². The second-order valence-electron chi connectivity index (χ2n) is 2.85. The second-order valence-corrected chi connectivity index (χ2v) is 3.65. The van der Waals surface area contributed by atoms with E-state index < -0.39 is 0 Å². The Kier molecular flexibility index (Phi) is 2.81. The van der Waals surface area contributed by atoms with Crippen molar-refractivity contribution in [1.29, 1.82) is 0 Å². The number of anilines is 1. The average Bonchev–Trinajstić information content (AvgIpc) is 2.50. The molecular formula is C8H12N2OS. The standard InChI is InChI=1S/C8H12N2OS/c1-5(2)8(11)6-4-7(9-3)12-10-6/h4-5,9H,1-3H3. The quantitative estimate of drug-likeness (QED) is 0.731. The van der Waals surface area contributed by atoms with E-state index in [9.17, 15) is 4.79 Å². The summed E-state index contributed by atoms with van der Waals surface area (Å²) < 4.78 is 4.04. The van der Waals surface area contributed by atoms with Gasteiger partial charge < -0.3 is 5.32 Å². The Morgan fingerprint density at radius 1 is 1.67 bits per heavy atom. The molecule has 0 aliphatic heterocycles. The van der Waals surface area contributed by atoms with E-state index in [0.717, 1.165) is 5.00 Å². The van der Waals surface area contributed by atoms with Crippen LogP contribution in [-0.2, 0) is 0 Å². The molecule has 0 fully saturated rings. The van der Waals surface area contributed by atoms with E-state index in [2.05, 4.69) is 9.69 Å². The first-order chi connectivity index (χ1) is 5.65. The number of carbonyl (C=O) groups excluding carboxylic acids is 1. The molecule has 0 spiro atoms. The van der Waals surface area contributed by atoms with Crippen LogP contribution in [0, 0.1) is 5.92 Å². The van der Waals surface area contributed by atoms with Crippen molar-refractivity contribution in [3.63, 3.8) is 0 Å². The van der Waals surface area contributed by atoms with Gasteiger partial charge in [-0.3, -0.25) is 4.79 Å². The fourth-order valence-corrected chi connectivity index (χ4v) is 1.40. The molecule has 0 aliphatic carbocycles. The number of Topliss-reactive ketones (excluding diaryl/α,β-unsaturated/α-hetero) is 1. The molecular weight excluding hydrogens is 172 g/mol. The number of ketones is 1. The molecule has 1 rings (SSSR count). The van der Waals surface area contributed by atoms with Crippen molar-refractivity contribution in [2.24, 2.45) is 5.92 Å². The predicted octanol–water partition coefficient (Wildman–Crippen LogP) is 2.02. The minimum Gasteiger partial charge on any atom is -0.379 e. The van der Waals surface area contributed by atoms with E-state index in [1.165, 1.54) is 11.5 Å². The van der Waals surface area contributed by atoms with E-state index in [4.69, 9.17) is 0 Å². The summed E-state index contributed by atoms with van der Waals surface area (Å²) in [6, 6.07) is 1.78. The fourth-order valence-electron chi connectivity index (χ4n) is 0.805. The Hall–Kier alpha value is -0.900. The summed E-state index contributed by atoms with van der Waals surface area (Å²) >= 11 is 1.31. The van der Waals surface area contributed by atoms with Crippen LogP contribution in [0.2, 0.25) is 0 Å². The smallest absolute Gasteiger partial charge is 0.184 e. The molecule has 3 nitrogen and oxygen atoms in total. The minimum absolute atomic E-state index is 0.0248. The molecule has 0 bridgehead atoms. The lowest BCUT2D eigenvalue weighted by molar-refractivity contribution is 0.0935. The number of rotatable bonds is 3. The van der Waals surface area contributed by atoms with Crippen molar-refractivity contribution in [3.8, 4) is 0 Å². The van der Waals surface area contributed by atoms with Crippen molar-refractivity contribution in [3.05, 3.63) is 11.8 Å². The molecule has 0 atom stereocenters. The van der Waals surface area contributed by atoms with Crippen LogP contribution in [0.3, 0.4) is 0 Å². The molecule has 0 radical (unpaired) electrons. The number of hydrogen-bond donors (Lipinski definition) is 1. The highest BCUT2D eigenvalue weighted by molar-refractivity contribution is 7.10. The zero-order valence-electron chi connectivity index (χ0n) is 7.42. The molecule has 1 heterocycles. The summed E-state index contributed by atoms with van der Waals surface area (Å²) in [7, 11) is 1.82. The van der Waals surface area contributed by atoms with Crippen LogP contribution in [0.25, 0.3) is 0 Å². The first-order valence-corrected chi connectivity index (χ1v) is 4.61. The summed E-state index contributed by atoms with van der Waals surface area (Å²) in [6.45, 7) is 3.75. The van der Waals surface area contributed by atoms with Gasteiger partial charge in [-0.1, -0.05) is 13.8 Å². The van der Waals surface area contributed by atoms with Crippen LogP contribution < -0.4 is 5.32 Å². The molecule has 1 N–H and O–H groups in total. The Morgan fingerprint density at radius 3 is 2.75 bits per heavy atom. The van der Waals surface area contributed by atoms with Gasteiger partial charge >= 0.3 is 0 Å². The lowest BCUT2D eigenvalue weighted by Gasteiger charge is -1.97. The number of aromatic nitrogens is 1. The maximum atomic E-state index is 11.4. The van der Waals surface area contributed by atoms with Crippen LogP contribution in [0.1, 0.15) is 24.3 Å². The van der Waals surface area contributed by atoms with Gasteiger partial charge in [-0.2, -0.15) is 4.37 Å². The van der Waals surface area contributed by atoms with Crippen molar-refractivity contribution >= 4 is 22.3 Å². The number of nitrogens with zero attached hydrogens (tertiary/aromatic N) is 1. The van der Waals surface area contributed by atoms with Gasteiger partial charge in [0.1, 0.15) is 10.7 Å². The zero-order valence-corrected chi connectivity index (χ0v) is 8.23. The second kappa shape index (κ2) is 3.67. The third-order valence-electron chi connectivity index (χ3n) is 1.53. The third kappa shape index (κ3) is 1.82. The molecule has 0 unspecified atom stereocenters. The molecule has 0 aromatic carbocycles. The van der Waals surface area contributed by atoms with E-state index in [1.54, 1.807) is 6.07 Å². The molecule has 0 aliphatic rings. The van der Waals surface area contributed by atoms with Gasteiger partial charge in [-0.05, 0) is 11.5 Å². The summed E-state index contributed by atoms with van der Waals surface area (Å²) in [5, 5.41) is 3.87. The Bertz CT molecular complexity index is 280. The lowest BCUT2D eigenvalue weighted by Crippen LogP contribution is -2.07. The van der Waals surface area contributed by atoms with Crippen molar-refractivity contribution in [2.45, 2.75) is 13.8 Å². The molecule has 0 amide bonds. The highest BCUT2D eigenvalue weighted by Crippen LogP contribution is 2.17. The van der Waals surface area contributed by atoms with Crippen LogP contribution in [-0.4, -0.2) is 17.2 Å². The first-order valence-electron chi connectivity index (χ1n) is 3.84. The summed E-state index contributed by atoms with van der Waals surface area (Å²) in [6.07, 6.45) is 0. The van der Waals surface area contributed by atoms with Crippen LogP contribution in [0.15, 0.2) is 6.07 Å². The first kappa shape index (κ1) is 9.19. The zero-order chi connectivity index (χ0) is 9.14. The SMILES string of the molecule is CNc1cc(C(=O)C(C)C)ns1. The van der Waals surface area contributed by atoms with Crippen LogP contribution >= 0.6 is 11.5 Å². The van der Waals surface area contributed by atoms with Gasteiger partial charge in [0.25, 0.3) is 0 Å². The number of nitrogens with one attached hydrogen (secondary N) is 1. The molecule has 1 aromatic rings. The Morgan fingerprint density at radius 2 is 2.33 bits per heavy atom. The minimum atomic E-state index is 0.0248. The van der Waals surface area contributed by atoms with Gasteiger partial charge in [0, 0.05) is 19.0 Å². The predicted molar refractivity (Wildman–Crippen MR) is 50.8 cm³/mol. The molecule has 1 aromatic heterocycles. The lowest BCUT2D eigenvalue weighted by atomic mass is 10.1. The van der Waals surface area contributed by atoms with E-state index in [0.29, 0.717) is 5.69 Å². The van der Waals surface area contributed by atoms with Gasteiger partial charge in [0.2, 0.25) is 0 Å². The number of carbonyl (C=O) groups is 1. The third-order valence-corrected chi connectivity index (χ3v) is 2.34. The van der Waals surface area contributed by atoms with E-state index >= 15 is 0 Å². The summed E-state index contributed by atoms with van der Waals surface area (Å²) in [5.41, 5.74) is 0.569. The summed E-state index contributed by atoms with van der Waals surface area (Å²) in [4.78, 5) is 11.4. The van der Waals surface area contributed by atoms with Gasteiger partial charge in [-0.15, -0.1) is 0 Å². The van der Waals surface area contributed by atoms with Gasteiger partial charge in [-0.25, -0.2) is 0 Å². The molecule has 12 heavy (non-hydrogen) atoms. The van der Waals surface area contributed by atoms with E-state index in [-0.39, 0.29) is 11.7 Å². The van der Waals surface area contributed by atoms with Gasteiger partial charge in [0.05, 0.1) is 0 Å². The fraction of sp³-hybridized carbons (Fsp3) is 0.500. The van der Waals surface area contributed by atoms with Crippen molar-refractivity contribution in [1.82, 2.24) is 4.37 Å². The average molecular weight is 184 g/mol. The molecule has 66 valence electrons. The maximum absolute atomic E-state index is 11.4. The number of hydrogen-bond acceptors (Lipinski definition) is 4. The maximum Gasteiger partial charge on any atom is 0.184 e. The van der Waals surface area contributed by atoms with Crippen LogP contribution in [0.4, 0.5) is 5.00 Å². The molecule has 0 saturated carbocycles. The largest absolute Gasteiger partial charge is 0.379 e. The van der Waals surface area contributed by atoms with Gasteiger partial charge in [0.15, 0.2) is 5.78 Å². The normalized spacial score (nSPS) is 10.3. The topological polar surface area (TPSA) is 42.0 Å². The monoisotopic (exact) mass is 184 g/mol. The van der Waals surface area contributed by atoms with Crippen molar-refractivity contribution in [2.75, 3.05) is 12.4 Å². The highest BCUT2D eigenvalue weighted by Gasteiger charge is 2.13. The summed E-state index contributed by atoms with van der Waals surface area (Å²) in [5.74, 6) is 0.129. The Balaban J connectivity index is 2.82. The molecule has 0 saturated heterocycles. The van der Waals surface area contributed by atoms with E-state index in [1.807, 2.05) is 20.9 Å². The Labute approximate surface area is 76.0 Å².